The molecule has 1 aliphatic carbocycles. The van der Waals surface area contributed by atoms with Gasteiger partial charge in [0.1, 0.15) is 0 Å². The minimum atomic E-state index is -3.22. The molecule has 2 N–H and O–H groups in total. The fourth-order valence-electron chi connectivity index (χ4n) is 1.87. The summed E-state index contributed by atoms with van der Waals surface area (Å²) in [5.74, 6) is 0. The molecule has 1 saturated carbocycles. The van der Waals surface area contributed by atoms with Crippen LogP contribution in [0.5, 0.6) is 0 Å². The van der Waals surface area contributed by atoms with Gasteiger partial charge in [0.15, 0.2) is 4.47 Å². The first-order valence-corrected chi connectivity index (χ1v) is 9.23. The normalized spacial score (nSPS) is 14.9. The van der Waals surface area contributed by atoms with Crippen LogP contribution in [0.2, 0.25) is 4.47 Å². The van der Waals surface area contributed by atoms with Gasteiger partial charge >= 0.3 is 0 Å². The van der Waals surface area contributed by atoms with E-state index in [1.807, 2.05) is 12.1 Å². The maximum absolute atomic E-state index is 11.9. The Bertz CT molecular complexity index is 741. The van der Waals surface area contributed by atoms with E-state index in [1.165, 1.54) is 11.3 Å². The number of hydrogen-bond acceptors (Lipinski definition) is 5. The van der Waals surface area contributed by atoms with Crippen LogP contribution in [0, 0.1) is 0 Å². The lowest BCUT2D eigenvalue weighted by Crippen LogP contribution is -2.17. The van der Waals surface area contributed by atoms with Crippen LogP contribution in [-0.2, 0) is 16.6 Å². The van der Waals surface area contributed by atoms with Gasteiger partial charge in [0.05, 0.1) is 17.5 Å². The lowest BCUT2D eigenvalue weighted by molar-refractivity contribution is 0.600. The summed E-state index contributed by atoms with van der Waals surface area (Å²) in [6.45, 7) is 0.600. The van der Waals surface area contributed by atoms with Gasteiger partial charge in [0.25, 0.3) is 0 Å². The number of sulfonamides is 1. The predicted octanol–water partition coefficient (Wildman–Crippen LogP) is 3.31. The van der Waals surface area contributed by atoms with Gasteiger partial charge in [-0.05, 0) is 31.0 Å². The summed E-state index contributed by atoms with van der Waals surface area (Å²) in [7, 11) is -3.22. The number of nitrogens with one attached hydrogen (secondary N) is 2. The molecular weight excluding hydrogens is 330 g/mol. The highest BCUT2D eigenvalue weighted by Crippen LogP contribution is 2.30. The van der Waals surface area contributed by atoms with Crippen LogP contribution in [0.15, 0.2) is 30.5 Å². The van der Waals surface area contributed by atoms with Gasteiger partial charge in [-0.3, -0.25) is 4.72 Å². The summed E-state index contributed by atoms with van der Waals surface area (Å²) in [6.07, 6.45) is 3.22. The Morgan fingerprint density at radius 2 is 2.10 bits per heavy atom. The van der Waals surface area contributed by atoms with E-state index in [4.69, 9.17) is 11.6 Å². The highest BCUT2D eigenvalue weighted by atomic mass is 35.5. The zero-order valence-corrected chi connectivity index (χ0v) is 13.4. The number of anilines is 2. The van der Waals surface area contributed by atoms with E-state index < -0.39 is 10.0 Å². The fraction of sp³-hybridized carbons (Fsp3) is 0.308. The van der Waals surface area contributed by atoms with Gasteiger partial charge in [-0.2, -0.15) is 0 Å². The number of nitrogens with zero attached hydrogens (tertiary/aromatic N) is 1. The first kappa shape index (κ1) is 14.6. The largest absolute Gasteiger partial charge is 0.380 e. The van der Waals surface area contributed by atoms with Gasteiger partial charge < -0.3 is 5.32 Å². The molecule has 0 bridgehead atoms. The number of rotatable bonds is 6. The molecule has 3 rings (SSSR count). The summed E-state index contributed by atoms with van der Waals surface area (Å²) in [4.78, 5) is 4.99. The second-order valence-electron chi connectivity index (χ2n) is 4.86. The van der Waals surface area contributed by atoms with Crippen molar-refractivity contribution in [2.75, 3.05) is 10.0 Å². The van der Waals surface area contributed by atoms with E-state index in [9.17, 15) is 8.42 Å². The van der Waals surface area contributed by atoms with Crippen LogP contribution in [0.25, 0.3) is 0 Å². The second kappa shape index (κ2) is 5.82. The zero-order chi connectivity index (χ0) is 14.9. The topological polar surface area (TPSA) is 71.1 Å². The molecule has 0 saturated heterocycles. The summed E-state index contributed by atoms with van der Waals surface area (Å²) in [6, 6.07) is 7.22. The van der Waals surface area contributed by atoms with Crippen molar-refractivity contribution in [1.29, 1.82) is 0 Å². The Kier molecular flexibility index (Phi) is 4.05. The molecule has 8 heteroatoms. The fourth-order valence-corrected chi connectivity index (χ4v) is 4.17. The number of aromatic nitrogens is 1. The number of thiazole rings is 1. The van der Waals surface area contributed by atoms with Crippen molar-refractivity contribution < 1.29 is 8.42 Å². The minimum Gasteiger partial charge on any atom is -0.380 e. The first-order valence-electron chi connectivity index (χ1n) is 6.49. The Hall–Kier alpha value is -1.31. The Balaban J connectivity index is 1.65. The van der Waals surface area contributed by atoms with Gasteiger partial charge in [-0.1, -0.05) is 17.7 Å². The highest BCUT2D eigenvalue weighted by molar-refractivity contribution is 7.93. The highest BCUT2D eigenvalue weighted by Gasteiger charge is 2.35. The minimum absolute atomic E-state index is 0.228. The molecule has 112 valence electrons. The zero-order valence-electron chi connectivity index (χ0n) is 11.0. The molecule has 0 spiro atoms. The third-order valence-corrected chi connectivity index (χ3v) is 6.06. The monoisotopic (exact) mass is 343 g/mol. The van der Waals surface area contributed by atoms with E-state index in [0.29, 0.717) is 16.7 Å². The molecule has 1 aliphatic rings. The van der Waals surface area contributed by atoms with E-state index in [-0.39, 0.29) is 5.25 Å². The van der Waals surface area contributed by atoms with Crippen LogP contribution in [0.4, 0.5) is 11.4 Å². The van der Waals surface area contributed by atoms with E-state index in [0.717, 1.165) is 23.4 Å². The maximum Gasteiger partial charge on any atom is 0.235 e. The third kappa shape index (κ3) is 3.87. The molecule has 2 aromatic rings. The Morgan fingerprint density at radius 1 is 1.33 bits per heavy atom. The molecule has 1 fully saturated rings. The van der Waals surface area contributed by atoms with Crippen molar-refractivity contribution in [3.8, 4) is 0 Å². The first-order chi connectivity index (χ1) is 10.0. The Labute approximate surface area is 132 Å². The summed E-state index contributed by atoms with van der Waals surface area (Å²) >= 11 is 7.19. The molecule has 5 nitrogen and oxygen atoms in total. The van der Waals surface area contributed by atoms with Gasteiger partial charge in [0, 0.05) is 16.8 Å². The SMILES string of the molecule is O=S(=O)(Nc1cccc(NCc2cnc(Cl)s2)c1)C1CC1. The smallest absolute Gasteiger partial charge is 0.235 e. The lowest BCUT2D eigenvalue weighted by atomic mass is 10.3. The van der Waals surface area contributed by atoms with Gasteiger partial charge in [-0.25, -0.2) is 13.4 Å². The van der Waals surface area contributed by atoms with E-state index in [2.05, 4.69) is 15.0 Å². The predicted molar refractivity (Wildman–Crippen MR) is 86.5 cm³/mol. The van der Waals surface area contributed by atoms with Gasteiger partial charge in [-0.15, -0.1) is 11.3 Å². The van der Waals surface area contributed by atoms with Crippen LogP contribution in [0.3, 0.4) is 0 Å². The van der Waals surface area contributed by atoms with Crippen molar-refractivity contribution in [3.63, 3.8) is 0 Å². The quantitative estimate of drug-likeness (QED) is 0.844. The van der Waals surface area contributed by atoms with Gasteiger partial charge in [0.2, 0.25) is 10.0 Å². The molecule has 0 amide bonds. The third-order valence-electron chi connectivity index (χ3n) is 3.08. The molecule has 0 radical (unpaired) electrons. The molecule has 0 atom stereocenters. The van der Waals surface area contributed by atoms with Crippen LogP contribution < -0.4 is 10.0 Å². The van der Waals surface area contributed by atoms with Crippen molar-refractivity contribution >= 4 is 44.3 Å². The van der Waals surface area contributed by atoms with Crippen LogP contribution in [-0.4, -0.2) is 18.7 Å². The molecule has 1 heterocycles. The van der Waals surface area contributed by atoms with E-state index in [1.54, 1.807) is 18.3 Å². The van der Waals surface area contributed by atoms with Crippen LogP contribution in [0.1, 0.15) is 17.7 Å². The summed E-state index contributed by atoms with van der Waals surface area (Å²) in [5, 5.41) is 2.99. The number of halogens is 1. The van der Waals surface area contributed by atoms with Crippen LogP contribution >= 0.6 is 22.9 Å². The van der Waals surface area contributed by atoms with Crippen molar-refractivity contribution in [2.45, 2.75) is 24.6 Å². The number of hydrogen-bond donors (Lipinski definition) is 2. The maximum atomic E-state index is 11.9. The standard InChI is InChI=1S/C13H14ClN3O2S2/c14-13-16-8-11(20-13)7-15-9-2-1-3-10(6-9)17-21(18,19)12-4-5-12/h1-3,6,8,12,15,17H,4-5,7H2. The molecule has 0 unspecified atom stereocenters. The molecule has 21 heavy (non-hydrogen) atoms. The average Bonchev–Trinajstić information content (AvgIpc) is 3.21. The summed E-state index contributed by atoms with van der Waals surface area (Å²) in [5.41, 5.74) is 1.42. The molecule has 0 aliphatic heterocycles. The van der Waals surface area contributed by atoms with Crippen molar-refractivity contribution in [1.82, 2.24) is 4.98 Å². The molecule has 1 aromatic heterocycles. The Morgan fingerprint density at radius 3 is 2.76 bits per heavy atom. The van der Waals surface area contributed by atoms with Crippen molar-refractivity contribution in [3.05, 3.63) is 39.8 Å². The summed E-state index contributed by atoms with van der Waals surface area (Å²) < 4.78 is 26.9. The van der Waals surface area contributed by atoms with E-state index >= 15 is 0 Å². The second-order valence-corrected chi connectivity index (χ2v) is 8.52. The van der Waals surface area contributed by atoms with Crippen molar-refractivity contribution in [2.24, 2.45) is 0 Å². The molecule has 1 aromatic carbocycles. The number of benzene rings is 1. The molecular formula is C13H14ClN3O2S2. The lowest BCUT2D eigenvalue weighted by Gasteiger charge is -2.09. The average molecular weight is 344 g/mol.